The molecule has 0 aliphatic rings. The quantitative estimate of drug-likeness (QED) is 0.200. The lowest BCUT2D eigenvalue weighted by Gasteiger charge is -2.21. The van der Waals surface area contributed by atoms with Crippen molar-refractivity contribution in [2.45, 2.75) is 32.1 Å². The van der Waals surface area contributed by atoms with E-state index in [9.17, 15) is 32.3 Å². The van der Waals surface area contributed by atoms with Crippen LogP contribution in [-0.4, -0.2) is 56.2 Å². The number of hydrogen-bond acceptors (Lipinski definition) is 5. The molecule has 0 aromatic heterocycles. The fourth-order valence-electron chi connectivity index (χ4n) is 5.35. The average Bonchev–Trinajstić information content (AvgIpc) is 2.95. The molecule has 0 radical (unpaired) electrons. The Hall–Kier alpha value is -4.64. The second-order valence-electron chi connectivity index (χ2n) is 10.6. The van der Waals surface area contributed by atoms with E-state index in [0.717, 1.165) is 23.4 Å². The highest BCUT2D eigenvalue weighted by Crippen LogP contribution is 2.44. The molecule has 0 unspecified atom stereocenters. The van der Waals surface area contributed by atoms with Crippen LogP contribution in [0.4, 0.5) is 17.6 Å². The van der Waals surface area contributed by atoms with Crippen LogP contribution in [0.1, 0.15) is 32.6 Å². The van der Waals surface area contributed by atoms with Gasteiger partial charge in [-0.15, -0.1) is 0 Å². The van der Waals surface area contributed by atoms with E-state index in [2.05, 4.69) is 5.32 Å². The molecule has 11 heteroatoms. The number of carboxylic acids is 1. The van der Waals surface area contributed by atoms with Gasteiger partial charge in [0.05, 0.1) is 30.9 Å². The molecule has 0 spiro atoms. The van der Waals surface area contributed by atoms with Crippen LogP contribution in [0.3, 0.4) is 0 Å². The van der Waals surface area contributed by atoms with E-state index in [1.165, 1.54) is 0 Å². The molecular weight excluding hydrogens is 580 g/mol. The molecule has 232 valence electrons. The number of hydrogen-bond donors (Lipinski definition) is 2. The van der Waals surface area contributed by atoms with Gasteiger partial charge in [0.1, 0.15) is 23.4 Å². The maximum atomic E-state index is 14.7. The van der Waals surface area contributed by atoms with Gasteiger partial charge in [0.2, 0.25) is 0 Å². The molecule has 0 heterocycles. The molecule has 1 amide bonds. The SMILES string of the molecule is COc1ccc(CN(C)C)c(OC)c1-c1cccc2c(C[C@H](NC(=O)c3c(C)cc(C(F)(F)F)cc3F)C(=O)O)cccc12. The van der Waals surface area contributed by atoms with Crippen molar-refractivity contribution >= 4 is 22.6 Å². The van der Waals surface area contributed by atoms with Crippen LogP contribution in [0.2, 0.25) is 0 Å². The third-order valence-electron chi connectivity index (χ3n) is 7.26. The van der Waals surface area contributed by atoms with Crippen molar-refractivity contribution in [1.29, 1.82) is 0 Å². The van der Waals surface area contributed by atoms with E-state index in [1.54, 1.807) is 26.4 Å². The summed E-state index contributed by atoms with van der Waals surface area (Å²) in [5, 5.41) is 13.7. The van der Waals surface area contributed by atoms with Crippen LogP contribution >= 0.6 is 0 Å². The Morgan fingerprint density at radius 3 is 2.23 bits per heavy atom. The van der Waals surface area contributed by atoms with Gasteiger partial charge >= 0.3 is 12.1 Å². The summed E-state index contributed by atoms with van der Waals surface area (Å²) in [6.07, 6.45) is -4.99. The predicted octanol–water partition coefficient (Wildman–Crippen LogP) is 6.48. The Balaban J connectivity index is 1.75. The Morgan fingerprint density at radius 2 is 1.64 bits per heavy atom. The molecule has 0 bridgehead atoms. The van der Waals surface area contributed by atoms with Gasteiger partial charge in [0, 0.05) is 18.5 Å². The maximum absolute atomic E-state index is 14.7. The van der Waals surface area contributed by atoms with Gasteiger partial charge in [-0.05, 0) is 66.7 Å². The lowest BCUT2D eigenvalue weighted by atomic mass is 9.91. The first-order valence-electron chi connectivity index (χ1n) is 13.6. The van der Waals surface area contributed by atoms with Crippen LogP contribution in [0, 0.1) is 12.7 Å². The number of rotatable bonds is 10. The minimum atomic E-state index is -4.81. The van der Waals surface area contributed by atoms with E-state index in [0.29, 0.717) is 40.6 Å². The zero-order valence-electron chi connectivity index (χ0n) is 24.8. The minimum Gasteiger partial charge on any atom is -0.496 e. The van der Waals surface area contributed by atoms with Crippen molar-refractivity contribution in [3.63, 3.8) is 0 Å². The lowest BCUT2D eigenvalue weighted by molar-refractivity contribution is -0.139. The summed E-state index contributed by atoms with van der Waals surface area (Å²) < 4.78 is 65.5. The number of carbonyl (C=O) groups is 2. The number of benzene rings is 4. The Labute approximate surface area is 252 Å². The monoisotopic (exact) mass is 612 g/mol. The highest BCUT2D eigenvalue weighted by atomic mass is 19.4. The first-order valence-corrected chi connectivity index (χ1v) is 13.6. The van der Waals surface area contributed by atoms with Gasteiger partial charge < -0.3 is 24.8 Å². The summed E-state index contributed by atoms with van der Waals surface area (Å²) in [6.45, 7) is 1.76. The van der Waals surface area contributed by atoms with Crippen LogP contribution < -0.4 is 14.8 Å². The van der Waals surface area contributed by atoms with Crippen molar-refractivity contribution in [3.05, 3.63) is 94.3 Å². The molecule has 0 aliphatic heterocycles. The van der Waals surface area contributed by atoms with Crippen LogP contribution in [-0.2, 0) is 23.9 Å². The third kappa shape index (κ3) is 6.62. The summed E-state index contributed by atoms with van der Waals surface area (Å²) in [5.74, 6) is -2.72. The van der Waals surface area contributed by atoms with Crippen LogP contribution in [0.5, 0.6) is 11.5 Å². The number of aliphatic carboxylic acids is 1. The Bertz CT molecular complexity index is 1700. The number of nitrogens with one attached hydrogen (secondary N) is 1. The predicted molar refractivity (Wildman–Crippen MR) is 159 cm³/mol. The van der Waals surface area contributed by atoms with Gasteiger partial charge in [-0.3, -0.25) is 4.79 Å². The number of fused-ring (bicyclic) bond motifs is 1. The number of aryl methyl sites for hydroxylation is 1. The van der Waals surface area contributed by atoms with Crippen molar-refractivity contribution < 1.29 is 41.7 Å². The Kier molecular flexibility index (Phi) is 9.48. The first-order chi connectivity index (χ1) is 20.8. The van der Waals surface area contributed by atoms with E-state index < -0.39 is 41.0 Å². The molecule has 0 saturated carbocycles. The normalized spacial score (nSPS) is 12.3. The molecule has 4 aromatic carbocycles. The molecule has 4 aromatic rings. The number of nitrogens with zero attached hydrogens (tertiary/aromatic N) is 1. The van der Waals surface area contributed by atoms with Crippen LogP contribution in [0.25, 0.3) is 21.9 Å². The summed E-state index contributed by atoms with van der Waals surface area (Å²) in [4.78, 5) is 27.2. The van der Waals surface area contributed by atoms with Crippen molar-refractivity contribution in [2.24, 2.45) is 0 Å². The summed E-state index contributed by atoms with van der Waals surface area (Å²) in [5.41, 5.74) is 0.829. The van der Waals surface area contributed by atoms with Gasteiger partial charge in [-0.2, -0.15) is 13.2 Å². The average molecular weight is 613 g/mol. The second kappa shape index (κ2) is 12.9. The molecule has 4 rings (SSSR count). The second-order valence-corrected chi connectivity index (χ2v) is 10.6. The Morgan fingerprint density at radius 1 is 0.955 bits per heavy atom. The zero-order chi connectivity index (χ0) is 32.3. The summed E-state index contributed by atoms with van der Waals surface area (Å²) >= 11 is 0. The smallest absolute Gasteiger partial charge is 0.416 e. The molecule has 1 atom stereocenters. The standard InChI is InChI=1S/C33H32F4N2O5/c1-18-14-21(33(35,36)37)16-25(34)28(18)31(40)38-26(32(41)42)15-19-8-6-10-23-22(19)9-7-11-24(23)29-27(43-4)13-12-20(17-39(2)3)30(29)44-5/h6-14,16,26H,15,17H2,1-5H3,(H,38,40)(H,41,42)/t26-/m0/s1. The molecule has 0 fully saturated rings. The number of halogens is 4. The molecule has 44 heavy (non-hydrogen) atoms. The topological polar surface area (TPSA) is 88.1 Å². The summed E-state index contributed by atoms with van der Waals surface area (Å²) in [6, 6.07) is 14.0. The van der Waals surface area contributed by atoms with Gasteiger partial charge in [0.15, 0.2) is 0 Å². The highest BCUT2D eigenvalue weighted by molar-refractivity contribution is 6.02. The number of carbonyl (C=O) groups excluding carboxylic acids is 1. The highest BCUT2D eigenvalue weighted by Gasteiger charge is 2.33. The molecule has 7 nitrogen and oxygen atoms in total. The lowest BCUT2D eigenvalue weighted by Crippen LogP contribution is -2.43. The van der Waals surface area contributed by atoms with Crippen molar-refractivity contribution in [3.8, 4) is 22.6 Å². The van der Waals surface area contributed by atoms with Crippen molar-refractivity contribution in [2.75, 3.05) is 28.3 Å². The largest absolute Gasteiger partial charge is 0.496 e. The third-order valence-corrected chi connectivity index (χ3v) is 7.26. The number of methoxy groups -OCH3 is 2. The van der Waals surface area contributed by atoms with E-state index in [4.69, 9.17) is 9.47 Å². The van der Waals surface area contributed by atoms with Gasteiger partial charge in [0.25, 0.3) is 5.91 Å². The van der Waals surface area contributed by atoms with Crippen LogP contribution in [0.15, 0.2) is 60.7 Å². The van der Waals surface area contributed by atoms with Crippen molar-refractivity contribution in [1.82, 2.24) is 10.2 Å². The van der Waals surface area contributed by atoms with Gasteiger partial charge in [-0.1, -0.05) is 42.5 Å². The number of amides is 1. The molecule has 2 N–H and O–H groups in total. The number of alkyl halides is 3. The van der Waals surface area contributed by atoms with E-state index in [-0.39, 0.29) is 18.1 Å². The minimum absolute atomic E-state index is 0.182. The zero-order valence-corrected chi connectivity index (χ0v) is 24.8. The fourth-order valence-corrected chi connectivity index (χ4v) is 5.35. The maximum Gasteiger partial charge on any atom is 0.416 e. The first kappa shape index (κ1) is 32.3. The summed E-state index contributed by atoms with van der Waals surface area (Å²) in [7, 11) is 7.02. The fraction of sp³-hybridized carbons (Fsp3) is 0.273. The number of ether oxygens (including phenoxy) is 2. The van der Waals surface area contributed by atoms with E-state index in [1.807, 2.05) is 55.4 Å². The van der Waals surface area contributed by atoms with E-state index >= 15 is 0 Å². The molecule has 0 saturated heterocycles. The molecular formula is C33H32F4N2O5. The molecule has 0 aliphatic carbocycles. The number of carboxylic acid groups (broad SMARTS) is 1. The van der Waals surface area contributed by atoms with Gasteiger partial charge in [-0.25, -0.2) is 9.18 Å².